The summed E-state index contributed by atoms with van der Waals surface area (Å²) in [6, 6.07) is 12.8. The third-order valence-corrected chi connectivity index (χ3v) is 3.86. The van der Waals surface area contributed by atoms with Crippen molar-refractivity contribution in [2.45, 2.75) is 52.4 Å². The van der Waals surface area contributed by atoms with Gasteiger partial charge in [0.05, 0.1) is 6.61 Å². The van der Waals surface area contributed by atoms with Crippen LogP contribution in [0, 0.1) is 0 Å². The van der Waals surface area contributed by atoms with E-state index in [0.29, 0.717) is 0 Å². The molecule has 0 amide bonds. The van der Waals surface area contributed by atoms with Gasteiger partial charge < -0.3 is 4.74 Å². The van der Waals surface area contributed by atoms with E-state index < -0.39 is 0 Å². The SMILES string of the molecule is CCCCCc1ccc(CCc2ccc(OCC)cc2)cn1. The molecule has 0 radical (unpaired) electrons. The van der Waals surface area contributed by atoms with Crippen LogP contribution < -0.4 is 4.74 Å². The highest BCUT2D eigenvalue weighted by atomic mass is 16.5. The first-order valence-electron chi connectivity index (χ1n) is 8.47. The molecule has 118 valence electrons. The van der Waals surface area contributed by atoms with E-state index in [-0.39, 0.29) is 0 Å². The van der Waals surface area contributed by atoms with Crippen LogP contribution in [0.4, 0.5) is 0 Å². The topological polar surface area (TPSA) is 22.1 Å². The third-order valence-electron chi connectivity index (χ3n) is 3.86. The smallest absolute Gasteiger partial charge is 0.119 e. The van der Waals surface area contributed by atoms with Crippen molar-refractivity contribution in [3.8, 4) is 5.75 Å². The number of hydrogen-bond acceptors (Lipinski definition) is 2. The van der Waals surface area contributed by atoms with Crippen LogP contribution in [0.1, 0.15) is 49.9 Å². The number of hydrogen-bond donors (Lipinski definition) is 0. The molecule has 0 spiro atoms. The van der Waals surface area contributed by atoms with Gasteiger partial charge in [-0.25, -0.2) is 0 Å². The minimum atomic E-state index is 0.718. The monoisotopic (exact) mass is 297 g/mol. The molecule has 0 N–H and O–H groups in total. The summed E-state index contributed by atoms with van der Waals surface area (Å²) in [5, 5.41) is 0. The first-order chi connectivity index (χ1) is 10.8. The molecule has 2 rings (SSSR count). The molecule has 22 heavy (non-hydrogen) atoms. The highest BCUT2D eigenvalue weighted by Crippen LogP contribution is 2.14. The Hall–Kier alpha value is -1.83. The molecule has 1 aromatic heterocycles. The summed E-state index contributed by atoms with van der Waals surface area (Å²) < 4.78 is 5.47. The van der Waals surface area contributed by atoms with Gasteiger partial charge in [-0.15, -0.1) is 0 Å². The van der Waals surface area contributed by atoms with Gasteiger partial charge in [-0.3, -0.25) is 4.98 Å². The van der Waals surface area contributed by atoms with Crippen LogP contribution in [0.5, 0.6) is 5.75 Å². The molecule has 0 aliphatic rings. The summed E-state index contributed by atoms with van der Waals surface area (Å²) in [6.45, 7) is 4.96. The number of pyridine rings is 1. The molecule has 0 fully saturated rings. The van der Waals surface area contributed by atoms with Gasteiger partial charge in [-0.05, 0) is 61.9 Å². The Morgan fingerprint density at radius 1 is 0.818 bits per heavy atom. The maximum atomic E-state index is 5.47. The molecule has 0 aliphatic carbocycles. The summed E-state index contributed by atoms with van der Waals surface area (Å²) >= 11 is 0. The highest BCUT2D eigenvalue weighted by molar-refractivity contribution is 5.28. The third kappa shape index (κ3) is 5.51. The molecule has 0 saturated carbocycles. The van der Waals surface area contributed by atoms with Gasteiger partial charge in [0.15, 0.2) is 0 Å². The van der Waals surface area contributed by atoms with Crippen molar-refractivity contribution in [3.63, 3.8) is 0 Å². The van der Waals surface area contributed by atoms with Crippen molar-refractivity contribution in [1.82, 2.24) is 4.98 Å². The van der Waals surface area contributed by atoms with E-state index in [4.69, 9.17) is 4.74 Å². The first kappa shape index (κ1) is 16.5. The minimum absolute atomic E-state index is 0.718. The van der Waals surface area contributed by atoms with Gasteiger partial charge in [0.2, 0.25) is 0 Å². The van der Waals surface area contributed by atoms with E-state index in [1.807, 2.05) is 25.3 Å². The van der Waals surface area contributed by atoms with Crippen LogP contribution in [-0.4, -0.2) is 11.6 Å². The van der Waals surface area contributed by atoms with Gasteiger partial charge in [0.1, 0.15) is 5.75 Å². The van der Waals surface area contributed by atoms with E-state index in [2.05, 4.69) is 36.2 Å². The summed E-state index contributed by atoms with van der Waals surface area (Å²) in [5.74, 6) is 0.948. The van der Waals surface area contributed by atoms with Gasteiger partial charge in [0, 0.05) is 11.9 Å². The summed E-state index contributed by atoms with van der Waals surface area (Å²) in [5.41, 5.74) is 3.88. The Bertz CT molecular complexity index is 531. The normalized spacial score (nSPS) is 10.6. The van der Waals surface area contributed by atoms with E-state index in [1.54, 1.807) is 0 Å². The Balaban J connectivity index is 1.80. The first-order valence-corrected chi connectivity index (χ1v) is 8.47. The van der Waals surface area contributed by atoms with Crippen molar-refractivity contribution >= 4 is 0 Å². The van der Waals surface area contributed by atoms with Crippen LogP contribution in [0.3, 0.4) is 0 Å². The number of nitrogens with zero attached hydrogens (tertiary/aromatic N) is 1. The number of aryl methyl sites for hydroxylation is 3. The highest BCUT2D eigenvalue weighted by Gasteiger charge is 1.99. The van der Waals surface area contributed by atoms with Gasteiger partial charge >= 0.3 is 0 Å². The summed E-state index contributed by atoms with van der Waals surface area (Å²) in [4.78, 5) is 4.58. The zero-order chi connectivity index (χ0) is 15.6. The predicted molar refractivity (Wildman–Crippen MR) is 92.5 cm³/mol. The molecule has 0 bridgehead atoms. The second kappa shape index (κ2) is 9.24. The van der Waals surface area contributed by atoms with Crippen molar-refractivity contribution in [2.75, 3.05) is 6.61 Å². The van der Waals surface area contributed by atoms with Crippen LogP contribution >= 0.6 is 0 Å². The average molecular weight is 297 g/mol. The Kier molecular flexibility index (Phi) is 6.95. The molecule has 2 heteroatoms. The van der Waals surface area contributed by atoms with Crippen LogP contribution in [0.25, 0.3) is 0 Å². The number of ether oxygens (including phenoxy) is 1. The maximum absolute atomic E-state index is 5.47. The second-order valence-corrected chi connectivity index (χ2v) is 5.69. The maximum Gasteiger partial charge on any atom is 0.119 e. The summed E-state index contributed by atoms with van der Waals surface area (Å²) in [7, 11) is 0. The lowest BCUT2D eigenvalue weighted by Gasteiger charge is -2.06. The Labute approximate surface area is 134 Å². The number of rotatable bonds is 9. The van der Waals surface area contributed by atoms with Gasteiger partial charge in [-0.1, -0.05) is 38.0 Å². The fourth-order valence-electron chi connectivity index (χ4n) is 2.51. The van der Waals surface area contributed by atoms with E-state index in [9.17, 15) is 0 Å². The number of benzene rings is 1. The van der Waals surface area contributed by atoms with Crippen molar-refractivity contribution in [3.05, 3.63) is 59.4 Å². The second-order valence-electron chi connectivity index (χ2n) is 5.69. The molecular weight excluding hydrogens is 270 g/mol. The Morgan fingerprint density at radius 2 is 1.55 bits per heavy atom. The standard InChI is InChI=1S/C20H27NO/c1-3-5-6-7-19-13-10-18(16-21-19)9-8-17-11-14-20(15-12-17)22-4-2/h10-16H,3-9H2,1-2H3. The average Bonchev–Trinajstić information content (AvgIpc) is 2.56. The fourth-order valence-corrected chi connectivity index (χ4v) is 2.51. The van der Waals surface area contributed by atoms with Crippen molar-refractivity contribution in [1.29, 1.82) is 0 Å². The predicted octanol–water partition coefficient (Wildman–Crippen LogP) is 5.00. The number of aromatic nitrogens is 1. The zero-order valence-corrected chi connectivity index (χ0v) is 13.8. The molecule has 2 aromatic rings. The van der Waals surface area contributed by atoms with E-state index >= 15 is 0 Å². The largest absolute Gasteiger partial charge is 0.494 e. The lowest BCUT2D eigenvalue weighted by atomic mass is 10.0. The molecule has 2 nitrogen and oxygen atoms in total. The lowest BCUT2D eigenvalue weighted by molar-refractivity contribution is 0.340. The lowest BCUT2D eigenvalue weighted by Crippen LogP contribution is -1.96. The van der Waals surface area contributed by atoms with Crippen LogP contribution in [-0.2, 0) is 19.3 Å². The molecule has 1 aromatic carbocycles. The van der Waals surface area contributed by atoms with Gasteiger partial charge in [0.25, 0.3) is 0 Å². The van der Waals surface area contributed by atoms with Crippen LogP contribution in [0.2, 0.25) is 0 Å². The van der Waals surface area contributed by atoms with E-state index in [1.165, 1.54) is 36.1 Å². The number of unbranched alkanes of at least 4 members (excludes halogenated alkanes) is 2. The van der Waals surface area contributed by atoms with Gasteiger partial charge in [-0.2, -0.15) is 0 Å². The molecular formula is C20H27NO. The molecule has 1 heterocycles. The van der Waals surface area contributed by atoms with Crippen molar-refractivity contribution in [2.24, 2.45) is 0 Å². The fraction of sp³-hybridized carbons (Fsp3) is 0.450. The molecule has 0 saturated heterocycles. The van der Waals surface area contributed by atoms with Crippen LogP contribution in [0.15, 0.2) is 42.6 Å². The molecule has 0 unspecified atom stereocenters. The van der Waals surface area contributed by atoms with E-state index in [0.717, 1.165) is 31.6 Å². The molecule has 0 atom stereocenters. The quantitative estimate of drug-likeness (QED) is 0.608. The zero-order valence-electron chi connectivity index (χ0n) is 13.8. The minimum Gasteiger partial charge on any atom is -0.494 e. The molecule has 0 aliphatic heterocycles. The summed E-state index contributed by atoms with van der Waals surface area (Å²) in [6.07, 6.45) is 9.03. The Morgan fingerprint density at radius 3 is 2.18 bits per heavy atom. The van der Waals surface area contributed by atoms with Crippen molar-refractivity contribution < 1.29 is 4.74 Å².